The predicted octanol–water partition coefficient (Wildman–Crippen LogP) is 4.01. The number of aliphatic hydroxyl groups excluding tert-OH is 1. The van der Waals surface area contributed by atoms with E-state index in [0.717, 1.165) is 12.1 Å². The van der Waals surface area contributed by atoms with Crippen LogP contribution in [-0.4, -0.2) is 59.7 Å². The van der Waals surface area contributed by atoms with E-state index < -0.39 is 30.7 Å². The van der Waals surface area contributed by atoms with Crippen LogP contribution < -0.4 is 15.4 Å². The fraction of sp³-hybridized carbons (Fsp3) is 0.273. The molecule has 0 aliphatic heterocycles. The van der Waals surface area contributed by atoms with Gasteiger partial charge in [0.05, 0.1) is 28.3 Å². The number of hydrogen-bond donors (Lipinski definition) is 4. The molecular weight excluding hydrogens is 524 g/mol. The Labute approximate surface area is 214 Å². The fourth-order valence-electron chi connectivity index (χ4n) is 3.11. The molecular formula is C22H21Cl2F3N6O3. The van der Waals surface area contributed by atoms with E-state index in [4.69, 9.17) is 33.9 Å². The zero-order chi connectivity index (χ0) is 26.9. The summed E-state index contributed by atoms with van der Waals surface area (Å²) >= 11 is 12.0. The highest BCUT2D eigenvalue weighted by Crippen LogP contribution is 2.26. The molecule has 0 aliphatic carbocycles. The minimum atomic E-state index is -4.89. The van der Waals surface area contributed by atoms with Crippen LogP contribution in [0, 0.1) is 16.9 Å². The number of carbonyl (C=O) groups excluding carboxylic acids is 1. The van der Waals surface area contributed by atoms with E-state index in [0.29, 0.717) is 5.56 Å². The van der Waals surface area contributed by atoms with Gasteiger partial charge in [0, 0.05) is 18.3 Å². The van der Waals surface area contributed by atoms with Crippen molar-refractivity contribution >= 4 is 46.5 Å². The van der Waals surface area contributed by atoms with E-state index in [2.05, 4.69) is 20.4 Å². The molecule has 2 aromatic rings. The zero-order valence-corrected chi connectivity index (χ0v) is 20.2. The van der Waals surface area contributed by atoms with E-state index in [1.54, 1.807) is 13.1 Å². The molecule has 4 N–H and O–H groups in total. The normalized spacial score (nSPS) is 12.3. The number of nitriles is 1. The summed E-state index contributed by atoms with van der Waals surface area (Å²) in [6.07, 6.45) is -3.23. The van der Waals surface area contributed by atoms with Crippen LogP contribution in [0.3, 0.4) is 0 Å². The monoisotopic (exact) mass is 544 g/mol. The minimum absolute atomic E-state index is 0.0714. The summed E-state index contributed by atoms with van der Waals surface area (Å²) in [7, 11) is 0. The molecule has 0 spiro atoms. The van der Waals surface area contributed by atoms with Crippen LogP contribution in [0.4, 0.5) is 18.9 Å². The largest absolute Gasteiger partial charge is 0.573 e. The lowest BCUT2D eigenvalue weighted by molar-refractivity contribution is -0.274. The molecule has 1 unspecified atom stereocenters. The van der Waals surface area contributed by atoms with Crippen molar-refractivity contribution in [3.63, 3.8) is 0 Å². The molecule has 0 aliphatic rings. The predicted molar refractivity (Wildman–Crippen MR) is 129 cm³/mol. The molecule has 192 valence electrons. The van der Waals surface area contributed by atoms with Gasteiger partial charge >= 0.3 is 6.36 Å². The van der Waals surface area contributed by atoms with Crippen molar-refractivity contribution < 1.29 is 27.8 Å². The number of nitrogens with zero attached hydrogens (tertiary/aromatic N) is 3. The van der Waals surface area contributed by atoms with Gasteiger partial charge in [0.1, 0.15) is 12.4 Å². The molecule has 1 atom stereocenters. The second kappa shape index (κ2) is 13.0. The Bertz CT molecular complexity index is 1170. The van der Waals surface area contributed by atoms with Gasteiger partial charge < -0.3 is 25.5 Å². The second-order valence-electron chi connectivity index (χ2n) is 7.02. The highest BCUT2D eigenvalue weighted by Gasteiger charge is 2.31. The molecule has 0 radical (unpaired) electrons. The average molecular weight is 545 g/mol. The molecule has 0 saturated carbocycles. The SMILES string of the molecule is CCN(C(=O)CO)C(CN=C(NC#N)Nc1cccc(OC(F)(F)F)c1)C(=N)c1ccc(Cl)c(Cl)c1. The van der Waals surface area contributed by atoms with Crippen LogP contribution in [0.25, 0.3) is 0 Å². The number of benzene rings is 2. The quantitative estimate of drug-likeness (QED) is 0.163. The number of guanidine groups is 1. The van der Waals surface area contributed by atoms with Gasteiger partial charge in [0.15, 0.2) is 6.19 Å². The molecule has 0 bridgehead atoms. The Hall–Kier alpha value is -3.53. The highest BCUT2D eigenvalue weighted by molar-refractivity contribution is 6.42. The Morgan fingerprint density at radius 2 is 2.00 bits per heavy atom. The maximum Gasteiger partial charge on any atom is 0.573 e. The third-order valence-corrected chi connectivity index (χ3v) is 5.40. The minimum Gasteiger partial charge on any atom is -0.406 e. The first-order chi connectivity index (χ1) is 17.0. The standard InChI is InChI=1S/C22H21Cl2F3N6O3/c1-2-33(19(35)11-34)18(20(29)13-6-7-16(23)17(24)8-13)10-30-21(31-12-28)32-14-4-3-5-15(9-14)36-22(25,26)27/h3-9,18,29,34H,2,10-11H2,1H3,(H2,30,31,32). The van der Waals surface area contributed by atoms with E-state index in [9.17, 15) is 23.1 Å². The number of aliphatic imine (C=N–C) groups is 1. The van der Waals surface area contributed by atoms with Gasteiger partial charge in [-0.2, -0.15) is 5.26 Å². The number of alkyl halides is 3. The number of anilines is 1. The van der Waals surface area contributed by atoms with Gasteiger partial charge in [-0.25, -0.2) is 4.99 Å². The molecule has 1 amide bonds. The summed E-state index contributed by atoms with van der Waals surface area (Å²) in [5.74, 6) is -1.32. The number of carbonyl (C=O) groups is 1. The highest BCUT2D eigenvalue weighted by atomic mass is 35.5. The number of amides is 1. The van der Waals surface area contributed by atoms with E-state index in [1.807, 2.05) is 0 Å². The third kappa shape index (κ3) is 8.30. The van der Waals surface area contributed by atoms with E-state index >= 15 is 0 Å². The Balaban J connectivity index is 2.37. The number of rotatable bonds is 9. The van der Waals surface area contributed by atoms with Crippen LogP contribution in [0.5, 0.6) is 5.75 Å². The molecule has 0 heterocycles. The van der Waals surface area contributed by atoms with Crippen molar-refractivity contribution in [2.45, 2.75) is 19.3 Å². The van der Waals surface area contributed by atoms with Crippen LogP contribution in [0.1, 0.15) is 12.5 Å². The summed E-state index contributed by atoms with van der Waals surface area (Å²) in [6.45, 7) is 0.699. The zero-order valence-electron chi connectivity index (χ0n) is 18.7. The lowest BCUT2D eigenvalue weighted by Crippen LogP contribution is -2.48. The summed E-state index contributed by atoms with van der Waals surface area (Å²) in [5.41, 5.74) is 0.388. The molecule has 14 heteroatoms. The smallest absolute Gasteiger partial charge is 0.406 e. The van der Waals surface area contributed by atoms with Gasteiger partial charge in [-0.3, -0.25) is 10.1 Å². The molecule has 36 heavy (non-hydrogen) atoms. The van der Waals surface area contributed by atoms with Gasteiger partial charge in [-0.1, -0.05) is 35.3 Å². The van der Waals surface area contributed by atoms with Gasteiger partial charge in [0.2, 0.25) is 11.9 Å². The Morgan fingerprint density at radius 3 is 2.58 bits per heavy atom. The number of aliphatic hydroxyl groups is 1. The topological polar surface area (TPSA) is 134 Å². The first kappa shape index (κ1) is 28.7. The Morgan fingerprint density at radius 1 is 1.28 bits per heavy atom. The molecule has 2 aromatic carbocycles. The second-order valence-corrected chi connectivity index (χ2v) is 7.84. The lowest BCUT2D eigenvalue weighted by atomic mass is 10.0. The molecule has 2 rings (SSSR count). The summed E-state index contributed by atoms with van der Waals surface area (Å²) < 4.78 is 41.5. The van der Waals surface area contributed by atoms with Crippen molar-refractivity contribution in [2.75, 3.05) is 25.0 Å². The number of halogens is 5. The third-order valence-electron chi connectivity index (χ3n) is 4.66. The summed E-state index contributed by atoms with van der Waals surface area (Å²) in [4.78, 5) is 17.8. The van der Waals surface area contributed by atoms with Crippen molar-refractivity contribution in [1.82, 2.24) is 10.2 Å². The van der Waals surface area contributed by atoms with Gasteiger partial charge in [-0.05, 0) is 36.8 Å². The van der Waals surface area contributed by atoms with E-state index in [1.165, 1.54) is 35.2 Å². The average Bonchev–Trinajstić information content (AvgIpc) is 2.81. The van der Waals surface area contributed by atoms with Gasteiger partial charge in [-0.15, -0.1) is 13.2 Å². The molecule has 0 saturated heterocycles. The number of nitrogens with one attached hydrogen (secondary N) is 3. The Kier molecular flexibility index (Phi) is 10.3. The van der Waals surface area contributed by atoms with Crippen molar-refractivity contribution in [1.29, 1.82) is 10.7 Å². The summed E-state index contributed by atoms with van der Waals surface area (Å²) in [6, 6.07) is 8.33. The first-order valence-corrected chi connectivity index (χ1v) is 11.0. The van der Waals surface area contributed by atoms with Crippen LogP contribution >= 0.6 is 23.2 Å². The van der Waals surface area contributed by atoms with Crippen LogP contribution in [-0.2, 0) is 4.79 Å². The van der Waals surface area contributed by atoms with Crippen molar-refractivity contribution in [3.05, 3.63) is 58.1 Å². The number of ether oxygens (including phenoxy) is 1. The first-order valence-electron chi connectivity index (χ1n) is 10.3. The lowest BCUT2D eigenvalue weighted by Gasteiger charge is -2.30. The maximum atomic E-state index is 12.5. The van der Waals surface area contributed by atoms with E-state index in [-0.39, 0.29) is 40.5 Å². The fourth-order valence-corrected chi connectivity index (χ4v) is 3.41. The van der Waals surface area contributed by atoms with Crippen molar-refractivity contribution in [3.8, 4) is 11.9 Å². The van der Waals surface area contributed by atoms with Crippen molar-refractivity contribution in [2.24, 2.45) is 4.99 Å². The molecule has 0 aromatic heterocycles. The molecule has 9 nitrogen and oxygen atoms in total. The number of likely N-dealkylation sites (N-methyl/N-ethyl adjacent to an activating group) is 1. The summed E-state index contributed by atoms with van der Waals surface area (Å²) in [5, 5.41) is 32.5. The van der Waals surface area contributed by atoms with Crippen LogP contribution in [0.15, 0.2) is 47.5 Å². The molecule has 0 fully saturated rings. The van der Waals surface area contributed by atoms with Crippen LogP contribution in [0.2, 0.25) is 10.0 Å². The number of hydrogen-bond acceptors (Lipinski definition) is 6. The maximum absolute atomic E-state index is 12.5. The van der Waals surface area contributed by atoms with Gasteiger partial charge in [0.25, 0.3) is 0 Å².